The quantitative estimate of drug-likeness (QED) is 0.220. The van der Waals surface area contributed by atoms with Crippen LogP contribution in [0.2, 0.25) is 0 Å². The summed E-state index contributed by atoms with van der Waals surface area (Å²) in [5.74, 6) is -4.01. The second-order valence-electron chi connectivity index (χ2n) is 10.8. The highest BCUT2D eigenvalue weighted by Crippen LogP contribution is 2.58. The Morgan fingerprint density at radius 3 is 2.21 bits per heavy atom. The average molecular weight is 632 g/mol. The molecule has 0 aromatic heterocycles. The van der Waals surface area contributed by atoms with Crippen molar-refractivity contribution in [2.75, 3.05) is 19.1 Å². The van der Waals surface area contributed by atoms with Crippen LogP contribution in [0, 0.1) is 17.8 Å². The number of rotatable bonds is 5. The fourth-order valence-electron chi connectivity index (χ4n) is 6.85. The zero-order valence-electron chi connectivity index (χ0n) is 23.0. The van der Waals surface area contributed by atoms with Crippen molar-refractivity contribution in [2.45, 2.75) is 25.7 Å². The van der Waals surface area contributed by atoms with Gasteiger partial charge in [0.15, 0.2) is 17.3 Å². The number of aromatic hydroxyl groups is 1. The maximum Gasteiger partial charge on any atom is 0.238 e. The molecule has 0 unspecified atom stereocenters. The third kappa shape index (κ3) is 4.07. The van der Waals surface area contributed by atoms with E-state index >= 15 is 0 Å². The van der Waals surface area contributed by atoms with Crippen molar-refractivity contribution in [3.8, 4) is 17.2 Å². The molecule has 0 radical (unpaired) electrons. The summed E-state index contributed by atoms with van der Waals surface area (Å²) in [5.41, 5.74) is 2.53. The molecule has 0 saturated carbocycles. The summed E-state index contributed by atoms with van der Waals surface area (Å²) in [5, 5.41) is 10.3. The molecule has 2 amide bonds. The first-order valence-corrected chi connectivity index (χ1v) is 14.2. The van der Waals surface area contributed by atoms with Gasteiger partial charge in [-0.15, -0.1) is 0 Å². The molecule has 2 aromatic carbocycles. The topological polar surface area (TPSA) is 127 Å². The van der Waals surface area contributed by atoms with Crippen LogP contribution in [0.15, 0.2) is 69.8 Å². The Morgan fingerprint density at radius 2 is 1.62 bits per heavy atom. The van der Waals surface area contributed by atoms with Gasteiger partial charge in [0, 0.05) is 46.4 Å². The Labute approximate surface area is 249 Å². The van der Waals surface area contributed by atoms with Gasteiger partial charge in [0.2, 0.25) is 11.8 Å². The number of anilines is 1. The van der Waals surface area contributed by atoms with Crippen LogP contribution in [0.3, 0.4) is 0 Å². The molecule has 1 fully saturated rings. The summed E-state index contributed by atoms with van der Waals surface area (Å²) in [4.78, 5) is 67.7. The predicted molar refractivity (Wildman–Crippen MR) is 155 cm³/mol. The Kier molecular flexibility index (Phi) is 6.76. The number of hydrogen-bond acceptors (Lipinski definition) is 8. The van der Waals surface area contributed by atoms with Gasteiger partial charge in [0.25, 0.3) is 0 Å². The molecule has 1 heterocycles. The number of carbonyl (C=O) groups is 5. The van der Waals surface area contributed by atoms with Crippen LogP contribution in [0.25, 0.3) is 0 Å². The minimum absolute atomic E-state index is 0.102. The molecule has 4 atom stereocenters. The largest absolute Gasteiger partial charge is 0.508 e. The van der Waals surface area contributed by atoms with Crippen molar-refractivity contribution in [3.05, 3.63) is 80.9 Å². The van der Waals surface area contributed by atoms with Crippen molar-refractivity contribution < 1.29 is 38.6 Å². The van der Waals surface area contributed by atoms with Gasteiger partial charge in [-0.2, -0.15) is 0 Å². The summed E-state index contributed by atoms with van der Waals surface area (Å²) >= 11 is 3.23. The van der Waals surface area contributed by atoms with Crippen molar-refractivity contribution in [2.24, 2.45) is 17.8 Å². The first-order chi connectivity index (χ1) is 20.1. The number of carbonyl (C=O) groups excluding carboxylic acids is 5. The lowest BCUT2D eigenvalue weighted by atomic mass is 9.59. The Hall–Kier alpha value is -4.31. The molecule has 0 spiro atoms. The van der Waals surface area contributed by atoms with Crippen LogP contribution in [0.5, 0.6) is 17.2 Å². The minimum Gasteiger partial charge on any atom is -0.508 e. The molecular formula is C32H26BrNO8. The number of Topliss-reactive ketones (excluding diaryl/α,β-unsaturated/α-hetero) is 2. The van der Waals surface area contributed by atoms with Crippen LogP contribution < -0.4 is 14.4 Å². The number of halogens is 1. The van der Waals surface area contributed by atoms with E-state index in [1.165, 1.54) is 44.3 Å². The van der Waals surface area contributed by atoms with Crippen LogP contribution in [0.4, 0.5) is 5.69 Å². The molecule has 4 aliphatic rings. The van der Waals surface area contributed by atoms with Crippen LogP contribution in [-0.2, 0) is 19.2 Å². The van der Waals surface area contributed by atoms with E-state index < -0.39 is 29.6 Å². The number of phenolic OH excluding ortho intramolecular Hbond substituents is 1. The van der Waals surface area contributed by atoms with Gasteiger partial charge in [-0.05, 0) is 65.9 Å². The minimum atomic E-state index is -0.815. The Balaban J connectivity index is 1.51. The molecule has 0 bridgehead atoms. The number of amides is 2. The van der Waals surface area contributed by atoms with E-state index in [4.69, 9.17) is 9.47 Å². The third-order valence-corrected chi connectivity index (χ3v) is 9.27. The number of allylic oxidation sites excluding steroid dienone is 6. The van der Waals surface area contributed by atoms with E-state index in [1.54, 1.807) is 24.3 Å². The average Bonchev–Trinajstić information content (AvgIpc) is 3.23. The van der Waals surface area contributed by atoms with Gasteiger partial charge < -0.3 is 14.6 Å². The summed E-state index contributed by atoms with van der Waals surface area (Å²) in [6, 6.07) is 9.14. The molecule has 1 aliphatic heterocycles. The Morgan fingerprint density at radius 1 is 0.976 bits per heavy atom. The SMILES string of the molecule is COc1cc(O)cc(OC)c1[C@H]1C2=CC[C@@H]3C(=O)N(c4ccc(C(C)=O)cc4)C(=O)[C@@H]3[C@@H]2CC2=C1C(=O)C=C(Br)C2=O. The maximum absolute atomic E-state index is 14.1. The van der Waals surface area contributed by atoms with Crippen molar-refractivity contribution >= 4 is 50.8 Å². The lowest BCUT2D eigenvalue weighted by molar-refractivity contribution is -0.123. The van der Waals surface area contributed by atoms with Gasteiger partial charge in [-0.25, -0.2) is 0 Å². The summed E-state index contributed by atoms with van der Waals surface area (Å²) in [6.07, 6.45) is 3.50. The molecule has 9 nitrogen and oxygen atoms in total. The van der Waals surface area contributed by atoms with E-state index in [2.05, 4.69) is 15.9 Å². The van der Waals surface area contributed by atoms with Gasteiger partial charge in [0.1, 0.15) is 17.2 Å². The van der Waals surface area contributed by atoms with Crippen molar-refractivity contribution in [1.29, 1.82) is 0 Å². The highest BCUT2D eigenvalue weighted by Gasteiger charge is 2.57. The monoisotopic (exact) mass is 631 g/mol. The standard InChI is InChI=1S/C32H26BrNO8/c1-14(35)15-4-6-16(7-5-15)34-31(39)19-9-8-18-20(26(19)32(34)40)12-21-27(23(37)13-22(33)30(21)38)28(18)29-24(41-2)10-17(36)11-25(29)42-3/h4-8,10-11,13,19-20,26,28,36H,9,12H2,1-3H3/t19-,20+,26-,28-/m0/s1. The number of hydrogen-bond donors (Lipinski definition) is 1. The van der Waals surface area contributed by atoms with E-state index in [9.17, 15) is 29.1 Å². The maximum atomic E-state index is 14.1. The van der Waals surface area contributed by atoms with Crippen molar-refractivity contribution in [1.82, 2.24) is 0 Å². The first-order valence-electron chi connectivity index (χ1n) is 13.4. The molecule has 1 saturated heterocycles. The number of phenols is 1. The molecule has 3 aliphatic carbocycles. The number of benzene rings is 2. The lowest BCUT2D eigenvalue weighted by Gasteiger charge is -2.42. The predicted octanol–water partition coefficient (Wildman–Crippen LogP) is 4.58. The highest BCUT2D eigenvalue weighted by atomic mass is 79.9. The van der Waals surface area contributed by atoms with E-state index in [-0.39, 0.29) is 69.0 Å². The van der Waals surface area contributed by atoms with E-state index in [0.717, 1.165) is 5.57 Å². The molecular weight excluding hydrogens is 606 g/mol. The van der Waals surface area contributed by atoms with Gasteiger partial charge >= 0.3 is 0 Å². The van der Waals surface area contributed by atoms with E-state index in [0.29, 0.717) is 16.8 Å². The summed E-state index contributed by atoms with van der Waals surface area (Å²) in [7, 11) is 2.86. The number of ketones is 3. The summed E-state index contributed by atoms with van der Waals surface area (Å²) < 4.78 is 11.4. The highest BCUT2D eigenvalue weighted by molar-refractivity contribution is 9.12. The normalized spacial score (nSPS) is 25.0. The number of imide groups is 1. The lowest BCUT2D eigenvalue weighted by Crippen LogP contribution is -2.39. The first kappa shape index (κ1) is 27.8. The Bertz CT molecular complexity index is 1670. The number of nitrogens with zero attached hydrogens (tertiary/aromatic N) is 1. The number of ether oxygens (including phenoxy) is 2. The molecule has 2 aromatic rings. The van der Waals surface area contributed by atoms with Crippen LogP contribution in [-0.4, -0.2) is 48.5 Å². The smallest absolute Gasteiger partial charge is 0.238 e. The van der Waals surface area contributed by atoms with Crippen LogP contribution in [0.1, 0.15) is 41.6 Å². The zero-order chi connectivity index (χ0) is 30.0. The molecule has 214 valence electrons. The third-order valence-electron chi connectivity index (χ3n) is 8.68. The van der Waals surface area contributed by atoms with Gasteiger partial charge in [0.05, 0.1) is 36.2 Å². The van der Waals surface area contributed by atoms with Gasteiger partial charge in [-0.1, -0.05) is 11.6 Å². The zero-order valence-corrected chi connectivity index (χ0v) is 24.6. The fraction of sp³-hybridized carbons (Fsp3) is 0.281. The molecule has 10 heteroatoms. The number of methoxy groups -OCH3 is 2. The second kappa shape index (κ2) is 10.2. The van der Waals surface area contributed by atoms with Crippen LogP contribution >= 0.6 is 15.9 Å². The fourth-order valence-corrected chi connectivity index (χ4v) is 7.29. The van der Waals surface area contributed by atoms with E-state index in [1.807, 2.05) is 6.08 Å². The second-order valence-corrected chi connectivity index (χ2v) is 11.6. The molecule has 1 N–H and O–H groups in total. The summed E-state index contributed by atoms with van der Waals surface area (Å²) in [6.45, 7) is 1.44. The van der Waals surface area contributed by atoms with Crippen molar-refractivity contribution in [3.63, 3.8) is 0 Å². The van der Waals surface area contributed by atoms with Gasteiger partial charge in [-0.3, -0.25) is 28.9 Å². The number of fused-ring (bicyclic) bond motifs is 3. The molecule has 42 heavy (non-hydrogen) atoms. The molecule has 6 rings (SSSR count).